The predicted octanol–water partition coefficient (Wildman–Crippen LogP) is 5.52. The van der Waals surface area contributed by atoms with Crippen LogP contribution in [0, 0.1) is 6.92 Å². The lowest BCUT2D eigenvalue weighted by atomic mass is 10.1. The highest BCUT2D eigenvalue weighted by Gasteiger charge is 2.10. The van der Waals surface area contributed by atoms with Crippen molar-refractivity contribution in [1.29, 1.82) is 0 Å². The predicted molar refractivity (Wildman–Crippen MR) is 127 cm³/mol. The van der Waals surface area contributed by atoms with Crippen molar-refractivity contribution in [2.75, 3.05) is 5.32 Å². The molecule has 32 heavy (non-hydrogen) atoms. The monoisotopic (exact) mass is 463 g/mol. The van der Waals surface area contributed by atoms with Gasteiger partial charge in [0.05, 0.1) is 6.26 Å². The van der Waals surface area contributed by atoms with Crippen molar-refractivity contribution >= 4 is 40.6 Å². The molecule has 162 valence electrons. The average molecular weight is 464 g/mol. The van der Waals surface area contributed by atoms with Gasteiger partial charge in [0.2, 0.25) is 0 Å². The molecule has 4 aromatic rings. The summed E-state index contributed by atoms with van der Waals surface area (Å²) >= 11 is 3.34. The van der Waals surface area contributed by atoms with Crippen LogP contribution in [0.25, 0.3) is 0 Å². The third-order valence-corrected chi connectivity index (χ3v) is 6.77. The Morgan fingerprint density at radius 3 is 2.59 bits per heavy atom. The number of thioether (sulfide) groups is 1. The summed E-state index contributed by atoms with van der Waals surface area (Å²) in [7, 11) is 0. The van der Waals surface area contributed by atoms with Crippen LogP contribution in [0.1, 0.15) is 37.7 Å². The number of rotatable bonds is 8. The highest BCUT2D eigenvalue weighted by Crippen LogP contribution is 2.26. The Morgan fingerprint density at radius 2 is 1.88 bits per heavy atom. The molecule has 8 heteroatoms. The number of nitrogens with one attached hydrogen (secondary N) is 2. The Balaban J connectivity index is 1.29. The molecular formula is C24H21N3O3S2. The standard InChI is InChI=1S/C24H21N3O3S2/c1-16-14-31-24(26-16)32-15-17-7-9-19(10-8-17)22(28)25-13-18-4-2-5-20(12-18)27-23(29)21-6-3-11-30-21/h2-12,14H,13,15H2,1H3,(H,25,28)(H,27,29). The molecule has 0 atom stereocenters. The molecule has 0 fully saturated rings. The summed E-state index contributed by atoms with van der Waals surface area (Å²) < 4.78 is 6.15. The highest BCUT2D eigenvalue weighted by atomic mass is 32.2. The van der Waals surface area contributed by atoms with Crippen LogP contribution in [0.4, 0.5) is 5.69 Å². The SMILES string of the molecule is Cc1csc(SCc2ccc(C(=O)NCc3cccc(NC(=O)c4ccco4)c3)cc2)n1. The molecule has 4 rings (SSSR count). The second kappa shape index (κ2) is 10.3. The number of nitrogens with zero attached hydrogens (tertiary/aromatic N) is 1. The van der Waals surface area contributed by atoms with E-state index in [4.69, 9.17) is 4.42 Å². The van der Waals surface area contributed by atoms with Gasteiger partial charge in [0, 0.05) is 34.6 Å². The van der Waals surface area contributed by atoms with Gasteiger partial charge in [0.25, 0.3) is 11.8 Å². The van der Waals surface area contributed by atoms with Crippen LogP contribution in [0.2, 0.25) is 0 Å². The summed E-state index contributed by atoms with van der Waals surface area (Å²) in [5, 5.41) is 7.74. The molecule has 0 saturated heterocycles. The number of thiazole rings is 1. The molecular weight excluding hydrogens is 442 g/mol. The number of anilines is 1. The Bertz CT molecular complexity index is 1200. The summed E-state index contributed by atoms with van der Waals surface area (Å²) in [6.45, 7) is 2.34. The van der Waals surface area contributed by atoms with Crippen LogP contribution in [-0.4, -0.2) is 16.8 Å². The summed E-state index contributed by atoms with van der Waals surface area (Å²) in [6, 6.07) is 18.2. The van der Waals surface area contributed by atoms with E-state index in [2.05, 4.69) is 15.6 Å². The highest BCUT2D eigenvalue weighted by molar-refractivity contribution is 8.00. The minimum Gasteiger partial charge on any atom is -0.459 e. The molecule has 0 aliphatic carbocycles. The van der Waals surface area contributed by atoms with Crippen LogP contribution in [-0.2, 0) is 12.3 Å². The third kappa shape index (κ3) is 5.87. The maximum atomic E-state index is 12.5. The third-order valence-electron chi connectivity index (χ3n) is 4.56. The molecule has 0 saturated carbocycles. The second-order valence-electron chi connectivity index (χ2n) is 7.05. The van der Waals surface area contributed by atoms with E-state index in [-0.39, 0.29) is 17.6 Å². The quantitative estimate of drug-likeness (QED) is 0.336. The molecule has 0 radical (unpaired) electrons. The molecule has 2 aromatic heterocycles. The van der Waals surface area contributed by atoms with Gasteiger partial charge in [-0.1, -0.05) is 36.0 Å². The molecule has 0 spiro atoms. The van der Waals surface area contributed by atoms with E-state index in [9.17, 15) is 9.59 Å². The molecule has 0 unspecified atom stereocenters. The van der Waals surface area contributed by atoms with Gasteiger partial charge in [-0.2, -0.15) is 0 Å². The fraction of sp³-hybridized carbons (Fsp3) is 0.125. The van der Waals surface area contributed by atoms with E-state index >= 15 is 0 Å². The van der Waals surface area contributed by atoms with Crippen LogP contribution in [0.3, 0.4) is 0 Å². The molecule has 2 N–H and O–H groups in total. The van der Waals surface area contributed by atoms with E-state index in [1.807, 2.05) is 54.8 Å². The molecule has 2 heterocycles. The molecule has 0 aliphatic heterocycles. The van der Waals surface area contributed by atoms with E-state index < -0.39 is 0 Å². The minimum atomic E-state index is -0.320. The largest absolute Gasteiger partial charge is 0.459 e. The Hall–Kier alpha value is -3.36. The fourth-order valence-electron chi connectivity index (χ4n) is 2.94. The zero-order chi connectivity index (χ0) is 22.3. The maximum absolute atomic E-state index is 12.5. The van der Waals surface area contributed by atoms with Crippen molar-refractivity contribution in [1.82, 2.24) is 10.3 Å². The Kier molecular flexibility index (Phi) is 7.03. The second-order valence-corrected chi connectivity index (χ2v) is 9.14. The zero-order valence-corrected chi connectivity index (χ0v) is 19.0. The van der Waals surface area contributed by atoms with Crippen LogP contribution in [0.15, 0.2) is 81.1 Å². The van der Waals surface area contributed by atoms with Crippen molar-refractivity contribution < 1.29 is 14.0 Å². The van der Waals surface area contributed by atoms with Gasteiger partial charge in [-0.3, -0.25) is 9.59 Å². The van der Waals surface area contributed by atoms with E-state index in [1.165, 1.54) is 6.26 Å². The van der Waals surface area contributed by atoms with Gasteiger partial charge < -0.3 is 15.1 Å². The van der Waals surface area contributed by atoms with Crippen molar-refractivity contribution in [3.05, 3.63) is 100 Å². The van der Waals surface area contributed by atoms with E-state index in [1.54, 1.807) is 41.3 Å². The van der Waals surface area contributed by atoms with Crippen LogP contribution >= 0.6 is 23.1 Å². The number of carbonyl (C=O) groups excluding carboxylic acids is 2. The first kappa shape index (κ1) is 21.9. The first-order valence-corrected chi connectivity index (χ1v) is 11.8. The normalized spacial score (nSPS) is 10.7. The van der Waals surface area contributed by atoms with Crippen LogP contribution < -0.4 is 10.6 Å². The van der Waals surface area contributed by atoms with Crippen molar-refractivity contribution in [3.63, 3.8) is 0 Å². The van der Waals surface area contributed by atoms with Gasteiger partial charge in [-0.15, -0.1) is 11.3 Å². The topological polar surface area (TPSA) is 84.2 Å². The lowest BCUT2D eigenvalue weighted by Crippen LogP contribution is -2.22. The van der Waals surface area contributed by atoms with Crippen molar-refractivity contribution in [3.8, 4) is 0 Å². The number of furan rings is 1. The lowest BCUT2D eigenvalue weighted by molar-refractivity contribution is 0.0949. The number of hydrogen-bond donors (Lipinski definition) is 2. The number of amides is 2. The van der Waals surface area contributed by atoms with Crippen molar-refractivity contribution in [2.45, 2.75) is 23.6 Å². The summed E-state index contributed by atoms with van der Waals surface area (Å²) in [5.41, 5.74) is 4.29. The van der Waals surface area contributed by atoms with Crippen LogP contribution in [0.5, 0.6) is 0 Å². The number of benzene rings is 2. The smallest absolute Gasteiger partial charge is 0.291 e. The van der Waals surface area contributed by atoms with E-state index in [0.717, 1.165) is 26.9 Å². The number of aryl methyl sites for hydroxylation is 1. The van der Waals surface area contributed by atoms with Gasteiger partial charge in [-0.05, 0) is 54.4 Å². The summed E-state index contributed by atoms with van der Waals surface area (Å²) in [4.78, 5) is 29.1. The Morgan fingerprint density at radius 1 is 1.03 bits per heavy atom. The van der Waals surface area contributed by atoms with Gasteiger partial charge >= 0.3 is 0 Å². The zero-order valence-electron chi connectivity index (χ0n) is 17.3. The molecule has 6 nitrogen and oxygen atoms in total. The molecule has 0 bridgehead atoms. The van der Waals surface area contributed by atoms with E-state index in [0.29, 0.717) is 17.8 Å². The minimum absolute atomic E-state index is 0.148. The lowest BCUT2D eigenvalue weighted by Gasteiger charge is -2.09. The summed E-state index contributed by atoms with van der Waals surface area (Å²) in [5.74, 6) is 0.585. The fourth-order valence-corrected chi connectivity index (χ4v) is 4.75. The van der Waals surface area contributed by atoms with Gasteiger partial charge in [0.15, 0.2) is 5.76 Å². The summed E-state index contributed by atoms with van der Waals surface area (Å²) in [6.07, 6.45) is 1.45. The first-order valence-electron chi connectivity index (χ1n) is 9.93. The molecule has 2 amide bonds. The Labute approximate surface area is 194 Å². The number of carbonyl (C=O) groups is 2. The van der Waals surface area contributed by atoms with Gasteiger partial charge in [0.1, 0.15) is 4.34 Å². The van der Waals surface area contributed by atoms with Crippen molar-refractivity contribution in [2.24, 2.45) is 0 Å². The number of hydrogen-bond acceptors (Lipinski definition) is 6. The number of aromatic nitrogens is 1. The average Bonchev–Trinajstić information content (AvgIpc) is 3.49. The molecule has 0 aliphatic rings. The maximum Gasteiger partial charge on any atom is 0.291 e. The van der Waals surface area contributed by atoms with Gasteiger partial charge in [-0.25, -0.2) is 4.98 Å². The first-order chi connectivity index (χ1) is 15.6. The molecule has 2 aromatic carbocycles.